The van der Waals surface area contributed by atoms with Gasteiger partial charge in [-0.2, -0.15) is 0 Å². The van der Waals surface area contributed by atoms with Gasteiger partial charge in [0.1, 0.15) is 5.75 Å². The fourth-order valence-electron chi connectivity index (χ4n) is 2.29. The SMILES string of the molecule is C=C(c1ccccc1)c1ccc2ccccc2c1O. The molecule has 1 heteroatoms. The van der Waals surface area contributed by atoms with Gasteiger partial charge < -0.3 is 5.11 Å². The second kappa shape index (κ2) is 4.62. The van der Waals surface area contributed by atoms with Crippen LogP contribution in [0.1, 0.15) is 11.1 Å². The number of aromatic hydroxyl groups is 1. The normalized spacial score (nSPS) is 10.5. The quantitative estimate of drug-likeness (QED) is 0.700. The van der Waals surface area contributed by atoms with Crippen molar-refractivity contribution in [3.63, 3.8) is 0 Å². The van der Waals surface area contributed by atoms with E-state index in [1.807, 2.05) is 66.7 Å². The molecule has 0 saturated heterocycles. The fraction of sp³-hybridized carbons (Fsp3) is 0. The monoisotopic (exact) mass is 246 g/mol. The number of phenols is 1. The number of fused-ring (bicyclic) bond motifs is 1. The number of hydrogen-bond donors (Lipinski definition) is 1. The first-order valence-electron chi connectivity index (χ1n) is 6.23. The molecule has 0 bridgehead atoms. The highest BCUT2D eigenvalue weighted by Gasteiger charge is 2.10. The molecule has 0 heterocycles. The Hall–Kier alpha value is -2.54. The highest BCUT2D eigenvalue weighted by atomic mass is 16.3. The Kier molecular flexibility index (Phi) is 2.81. The predicted molar refractivity (Wildman–Crippen MR) is 80.2 cm³/mol. The van der Waals surface area contributed by atoms with Gasteiger partial charge in [0.05, 0.1) is 0 Å². The van der Waals surface area contributed by atoms with Crippen LogP contribution >= 0.6 is 0 Å². The van der Waals surface area contributed by atoms with Gasteiger partial charge in [-0.3, -0.25) is 0 Å². The zero-order valence-corrected chi connectivity index (χ0v) is 10.5. The molecule has 3 aromatic rings. The predicted octanol–water partition coefficient (Wildman–Crippen LogP) is 4.61. The molecule has 3 rings (SSSR count). The molecule has 0 spiro atoms. The van der Waals surface area contributed by atoms with Gasteiger partial charge in [0, 0.05) is 10.9 Å². The molecule has 3 aromatic carbocycles. The van der Waals surface area contributed by atoms with E-state index in [2.05, 4.69) is 6.58 Å². The molecular formula is C18H14O. The summed E-state index contributed by atoms with van der Waals surface area (Å²) in [7, 11) is 0. The van der Waals surface area contributed by atoms with Crippen LogP contribution in [-0.4, -0.2) is 5.11 Å². The fourth-order valence-corrected chi connectivity index (χ4v) is 2.29. The van der Waals surface area contributed by atoms with Crippen LogP contribution in [0.25, 0.3) is 16.3 Å². The largest absolute Gasteiger partial charge is 0.507 e. The minimum Gasteiger partial charge on any atom is -0.507 e. The van der Waals surface area contributed by atoms with Crippen molar-refractivity contribution in [1.82, 2.24) is 0 Å². The van der Waals surface area contributed by atoms with Crippen LogP contribution in [0.5, 0.6) is 5.75 Å². The lowest BCUT2D eigenvalue weighted by molar-refractivity contribution is 0.480. The molecule has 1 nitrogen and oxygen atoms in total. The van der Waals surface area contributed by atoms with E-state index in [0.29, 0.717) is 5.75 Å². The third-order valence-electron chi connectivity index (χ3n) is 3.35. The molecule has 0 radical (unpaired) electrons. The van der Waals surface area contributed by atoms with Crippen molar-refractivity contribution in [2.75, 3.05) is 0 Å². The van der Waals surface area contributed by atoms with Crippen LogP contribution in [-0.2, 0) is 0 Å². The van der Waals surface area contributed by atoms with Crippen molar-refractivity contribution in [2.45, 2.75) is 0 Å². The van der Waals surface area contributed by atoms with E-state index in [1.54, 1.807) is 0 Å². The summed E-state index contributed by atoms with van der Waals surface area (Å²) in [6.07, 6.45) is 0. The van der Waals surface area contributed by atoms with Crippen molar-refractivity contribution in [3.8, 4) is 5.75 Å². The number of rotatable bonds is 2. The van der Waals surface area contributed by atoms with Crippen LogP contribution in [0, 0.1) is 0 Å². The molecule has 0 atom stereocenters. The van der Waals surface area contributed by atoms with Crippen molar-refractivity contribution in [2.24, 2.45) is 0 Å². The van der Waals surface area contributed by atoms with E-state index in [-0.39, 0.29) is 0 Å². The van der Waals surface area contributed by atoms with E-state index in [1.165, 1.54) is 0 Å². The van der Waals surface area contributed by atoms with E-state index in [4.69, 9.17) is 0 Å². The van der Waals surface area contributed by atoms with Crippen LogP contribution in [0.15, 0.2) is 73.3 Å². The van der Waals surface area contributed by atoms with E-state index in [0.717, 1.165) is 27.5 Å². The van der Waals surface area contributed by atoms with Gasteiger partial charge in [0.15, 0.2) is 0 Å². The molecule has 0 unspecified atom stereocenters. The first kappa shape index (κ1) is 11.5. The Morgan fingerprint density at radius 1 is 0.789 bits per heavy atom. The van der Waals surface area contributed by atoms with Crippen molar-refractivity contribution >= 4 is 16.3 Å². The molecule has 0 amide bonds. The molecule has 0 fully saturated rings. The van der Waals surface area contributed by atoms with E-state index >= 15 is 0 Å². The summed E-state index contributed by atoms with van der Waals surface area (Å²) in [5.41, 5.74) is 2.64. The lowest BCUT2D eigenvalue weighted by Crippen LogP contribution is -1.88. The molecular weight excluding hydrogens is 232 g/mol. The molecule has 0 aliphatic heterocycles. The zero-order chi connectivity index (χ0) is 13.2. The van der Waals surface area contributed by atoms with Crippen molar-refractivity contribution in [3.05, 3.63) is 84.4 Å². The second-order valence-corrected chi connectivity index (χ2v) is 4.53. The summed E-state index contributed by atoms with van der Waals surface area (Å²) < 4.78 is 0. The smallest absolute Gasteiger partial charge is 0.131 e. The van der Waals surface area contributed by atoms with Crippen molar-refractivity contribution < 1.29 is 5.11 Å². The molecule has 0 aliphatic rings. The number of phenolic OH excluding ortho intramolecular Hbond substituents is 1. The van der Waals surface area contributed by atoms with Crippen LogP contribution in [0.2, 0.25) is 0 Å². The standard InChI is InChI=1S/C18H14O/c1-13(14-7-3-2-4-8-14)16-12-11-15-9-5-6-10-17(15)18(16)19/h2-12,19H,1H2. The van der Waals surface area contributed by atoms with Gasteiger partial charge in [0.2, 0.25) is 0 Å². The minimum absolute atomic E-state index is 0.298. The maximum Gasteiger partial charge on any atom is 0.131 e. The Labute approximate surface area is 112 Å². The average Bonchev–Trinajstić information content (AvgIpc) is 2.48. The Balaban J connectivity index is 2.16. The number of benzene rings is 3. The Morgan fingerprint density at radius 3 is 2.26 bits per heavy atom. The molecule has 92 valence electrons. The highest BCUT2D eigenvalue weighted by Crippen LogP contribution is 2.34. The third kappa shape index (κ3) is 2.00. The third-order valence-corrected chi connectivity index (χ3v) is 3.35. The van der Waals surface area contributed by atoms with Gasteiger partial charge in [-0.15, -0.1) is 0 Å². The molecule has 0 aromatic heterocycles. The summed E-state index contributed by atoms with van der Waals surface area (Å²) in [5.74, 6) is 0.298. The minimum atomic E-state index is 0.298. The second-order valence-electron chi connectivity index (χ2n) is 4.53. The van der Waals surface area contributed by atoms with Crippen LogP contribution in [0.3, 0.4) is 0 Å². The molecule has 0 saturated carbocycles. The maximum absolute atomic E-state index is 10.4. The zero-order valence-electron chi connectivity index (χ0n) is 10.5. The van der Waals surface area contributed by atoms with Crippen molar-refractivity contribution in [1.29, 1.82) is 0 Å². The first-order chi connectivity index (χ1) is 9.27. The topological polar surface area (TPSA) is 20.2 Å². The van der Waals surface area contributed by atoms with Gasteiger partial charge >= 0.3 is 0 Å². The average molecular weight is 246 g/mol. The first-order valence-corrected chi connectivity index (χ1v) is 6.23. The lowest BCUT2D eigenvalue weighted by atomic mass is 9.96. The summed E-state index contributed by atoms with van der Waals surface area (Å²) in [6.45, 7) is 4.10. The molecule has 1 N–H and O–H groups in total. The Bertz CT molecular complexity index is 742. The maximum atomic E-state index is 10.4. The van der Waals surface area contributed by atoms with E-state index in [9.17, 15) is 5.11 Å². The molecule has 0 aliphatic carbocycles. The van der Waals surface area contributed by atoms with Crippen LogP contribution in [0.4, 0.5) is 0 Å². The Morgan fingerprint density at radius 2 is 1.47 bits per heavy atom. The highest BCUT2D eigenvalue weighted by molar-refractivity contribution is 5.95. The van der Waals surface area contributed by atoms with E-state index < -0.39 is 0 Å². The summed E-state index contributed by atoms with van der Waals surface area (Å²) in [4.78, 5) is 0. The van der Waals surface area contributed by atoms with Gasteiger partial charge in [-0.1, -0.05) is 73.3 Å². The van der Waals surface area contributed by atoms with Crippen LogP contribution < -0.4 is 0 Å². The number of hydrogen-bond acceptors (Lipinski definition) is 1. The summed E-state index contributed by atoms with van der Waals surface area (Å²) >= 11 is 0. The molecule has 19 heavy (non-hydrogen) atoms. The summed E-state index contributed by atoms with van der Waals surface area (Å²) in [6, 6.07) is 21.6. The lowest BCUT2D eigenvalue weighted by Gasteiger charge is -2.11. The van der Waals surface area contributed by atoms with Gasteiger partial charge in [-0.25, -0.2) is 0 Å². The van der Waals surface area contributed by atoms with Gasteiger partial charge in [0.25, 0.3) is 0 Å². The van der Waals surface area contributed by atoms with Gasteiger partial charge in [-0.05, 0) is 16.5 Å². The summed E-state index contributed by atoms with van der Waals surface area (Å²) in [5, 5.41) is 12.3.